The number of aliphatic hydroxyl groups is 2. The predicted octanol–water partition coefficient (Wildman–Crippen LogP) is 1.52. The molecule has 0 aromatic heterocycles. The number of rotatable bonds is 1. The first-order chi connectivity index (χ1) is 3.13. The van der Waals surface area contributed by atoms with E-state index in [1.54, 1.807) is 0 Å². The summed E-state index contributed by atoms with van der Waals surface area (Å²) in [5.41, 5.74) is 0. The maximum absolute atomic E-state index is 8.36. The molecule has 0 radical (unpaired) electrons. The van der Waals surface area contributed by atoms with E-state index in [0.29, 0.717) is 0 Å². The molecule has 0 saturated heterocycles. The van der Waals surface area contributed by atoms with Gasteiger partial charge in [-0.3, -0.25) is 0 Å². The van der Waals surface area contributed by atoms with Gasteiger partial charge in [0.2, 0.25) is 0 Å². The summed E-state index contributed by atoms with van der Waals surface area (Å²) >= 11 is 0. The zero-order valence-corrected chi connectivity index (χ0v) is 4.18. The van der Waals surface area contributed by atoms with Gasteiger partial charge in [0, 0.05) is 6.08 Å². The molecule has 0 heterocycles. The van der Waals surface area contributed by atoms with Gasteiger partial charge in [-0.15, -0.1) is 0 Å². The standard InChI is InChI=1S/C5H8O2/c1-4(6)3-5(2)7/h3,6-7H,1H2,2H3. The molecule has 7 heavy (non-hydrogen) atoms. The fourth-order valence-corrected chi connectivity index (χ4v) is 0.241. The fraction of sp³-hybridized carbons (Fsp3) is 0.200. The molecule has 0 bridgehead atoms. The average Bonchev–Trinajstić information content (AvgIpc) is 1.27. The molecule has 0 fully saturated rings. The van der Waals surface area contributed by atoms with Gasteiger partial charge in [-0.2, -0.15) is 0 Å². The van der Waals surface area contributed by atoms with Gasteiger partial charge < -0.3 is 10.2 Å². The molecule has 40 valence electrons. The predicted molar refractivity (Wildman–Crippen MR) is 28.2 cm³/mol. The van der Waals surface area contributed by atoms with Crippen LogP contribution >= 0.6 is 0 Å². The number of hydrogen-bond acceptors (Lipinski definition) is 2. The smallest absolute Gasteiger partial charge is 0.111 e. The lowest BCUT2D eigenvalue weighted by Gasteiger charge is -1.84. The molecule has 0 rings (SSSR count). The summed E-state index contributed by atoms with van der Waals surface area (Å²) in [6.45, 7) is 4.57. The molecule has 0 aliphatic rings. The summed E-state index contributed by atoms with van der Waals surface area (Å²) in [6.07, 6.45) is 1.17. The summed E-state index contributed by atoms with van der Waals surface area (Å²) < 4.78 is 0. The Bertz CT molecular complexity index is 98.6. The van der Waals surface area contributed by atoms with E-state index in [0.717, 1.165) is 0 Å². The zero-order chi connectivity index (χ0) is 5.86. The largest absolute Gasteiger partial charge is 0.512 e. The van der Waals surface area contributed by atoms with Gasteiger partial charge in [-0.05, 0) is 6.92 Å². The monoisotopic (exact) mass is 100 g/mol. The molecule has 2 heteroatoms. The molecule has 0 atom stereocenters. The third-order valence-electron chi connectivity index (χ3n) is 0.375. The Labute approximate surface area is 42.4 Å². The lowest BCUT2D eigenvalue weighted by molar-refractivity contribution is 0.394. The SMILES string of the molecule is C=C(O)C=C(C)O. The minimum Gasteiger partial charge on any atom is -0.512 e. The summed E-state index contributed by atoms with van der Waals surface area (Å²) in [5.74, 6) is -0.0625. The van der Waals surface area contributed by atoms with Crippen LogP contribution in [0.4, 0.5) is 0 Å². The van der Waals surface area contributed by atoms with E-state index in [1.807, 2.05) is 0 Å². The van der Waals surface area contributed by atoms with E-state index >= 15 is 0 Å². The van der Waals surface area contributed by atoms with Crippen LogP contribution in [0.25, 0.3) is 0 Å². The Morgan fingerprint density at radius 3 is 2.00 bits per heavy atom. The van der Waals surface area contributed by atoms with Crippen LogP contribution in [0.2, 0.25) is 0 Å². The lowest BCUT2D eigenvalue weighted by Crippen LogP contribution is -1.72. The van der Waals surface area contributed by atoms with Gasteiger partial charge in [0.05, 0.1) is 5.76 Å². The normalized spacial score (nSPS) is 11.3. The second-order valence-electron chi connectivity index (χ2n) is 1.28. The topological polar surface area (TPSA) is 40.5 Å². The lowest BCUT2D eigenvalue weighted by atomic mass is 10.4. The van der Waals surface area contributed by atoms with Crippen molar-refractivity contribution in [3.63, 3.8) is 0 Å². The molecular formula is C5H8O2. The van der Waals surface area contributed by atoms with E-state index in [4.69, 9.17) is 10.2 Å². The molecule has 0 aromatic rings. The number of hydrogen-bond donors (Lipinski definition) is 2. The van der Waals surface area contributed by atoms with Crippen LogP contribution < -0.4 is 0 Å². The molecule has 2 nitrogen and oxygen atoms in total. The molecule has 2 N–H and O–H groups in total. The Hall–Kier alpha value is -0.920. The Morgan fingerprint density at radius 1 is 1.57 bits per heavy atom. The first-order valence-electron chi connectivity index (χ1n) is 1.88. The second kappa shape index (κ2) is 2.29. The third kappa shape index (κ3) is 5.08. The van der Waals surface area contributed by atoms with Crippen LogP contribution in [0.5, 0.6) is 0 Å². The number of allylic oxidation sites excluding steroid dienone is 2. The maximum atomic E-state index is 8.36. The van der Waals surface area contributed by atoms with Crippen LogP contribution in [-0.2, 0) is 0 Å². The van der Waals surface area contributed by atoms with Crippen LogP contribution in [0, 0.1) is 0 Å². The maximum Gasteiger partial charge on any atom is 0.111 e. The Morgan fingerprint density at radius 2 is 2.00 bits per heavy atom. The van der Waals surface area contributed by atoms with Gasteiger partial charge >= 0.3 is 0 Å². The van der Waals surface area contributed by atoms with Gasteiger partial charge in [0.25, 0.3) is 0 Å². The zero-order valence-electron chi connectivity index (χ0n) is 4.18. The van der Waals surface area contributed by atoms with Crippen molar-refractivity contribution in [1.82, 2.24) is 0 Å². The second-order valence-corrected chi connectivity index (χ2v) is 1.28. The Balaban J connectivity index is 3.68. The van der Waals surface area contributed by atoms with Gasteiger partial charge in [-0.1, -0.05) is 6.58 Å². The van der Waals surface area contributed by atoms with Gasteiger partial charge in [0.15, 0.2) is 0 Å². The van der Waals surface area contributed by atoms with Crippen LogP contribution in [0.3, 0.4) is 0 Å². The molecular weight excluding hydrogens is 92.1 g/mol. The van der Waals surface area contributed by atoms with Crippen molar-refractivity contribution in [2.45, 2.75) is 6.92 Å². The molecule has 0 saturated carbocycles. The highest BCUT2D eigenvalue weighted by Crippen LogP contribution is 1.89. The van der Waals surface area contributed by atoms with Crippen molar-refractivity contribution >= 4 is 0 Å². The molecule has 0 amide bonds. The minimum atomic E-state index is -0.125. The third-order valence-corrected chi connectivity index (χ3v) is 0.375. The van der Waals surface area contributed by atoms with E-state index < -0.39 is 0 Å². The summed E-state index contributed by atoms with van der Waals surface area (Å²) in [4.78, 5) is 0. The van der Waals surface area contributed by atoms with E-state index in [1.165, 1.54) is 13.0 Å². The minimum absolute atomic E-state index is 0.0625. The summed E-state index contributed by atoms with van der Waals surface area (Å²) in [7, 11) is 0. The Kier molecular flexibility index (Phi) is 1.99. The van der Waals surface area contributed by atoms with Crippen LogP contribution in [-0.4, -0.2) is 10.2 Å². The van der Waals surface area contributed by atoms with E-state index in [-0.39, 0.29) is 11.5 Å². The van der Waals surface area contributed by atoms with Crippen molar-refractivity contribution in [2.24, 2.45) is 0 Å². The highest BCUT2D eigenvalue weighted by molar-refractivity contribution is 5.07. The highest BCUT2D eigenvalue weighted by Gasteiger charge is 1.78. The first kappa shape index (κ1) is 6.08. The molecule has 0 aromatic carbocycles. The van der Waals surface area contributed by atoms with E-state index in [9.17, 15) is 0 Å². The molecule has 0 spiro atoms. The van der Waals surface area contributed by atoms with E-state index in [2.05, 4.69) is 6.58 Å². The van der Waals surface area contributed by atoms with Gasteiger partial charge in [0.1, 0.15) is 5.76 Å². The summed E-state index contributed by atoms with van der Waals surface area (Å²) in [6, 6.07) is 0. The van der Waals surface area contributed by atoms with Crippen LogP contribution in [0.15, 0.2) is 24.2 Å². The van der Waals surface area contributed by atoms with Gasteiger partial charge in [-0.25, -0.2) is 0 Å². The number of aliphatic hydroxyl groups excluding tert-OH is 2. The molecule has 0 aliphatic heterocycles. The summed E-state index contributed by atoms with van der Waals surface area (Å²) in [5, 5.41) is 16.7. The fourth-order valence-electron chi connectivity index (χ4n) is 0.241. The average molecular weight is 100 g/mol. The molecule has 0 unspecified atom stereocenters. The van der Waals surface area contributed by atoms with Crippen molar-refractivity contribution < 1.29 is 10.2 Å². The van der Waals surface area contributed by atoms with Crippen LogP contribution in [0.1, 0.15) is 6.92 Å². The first-order valence-corrected chi connectivity index (χ1v) is 1.88. The highest BCUT2D eigenvalue weighted by atomic mass is 16.3. The molecule has 0 aliphatic carbocycles. The quantitative estimate of drug-likeness (QED) is 0.387. The van der Waals surface area contributed by atoms with Crippen molar-refractivity contribution in [3.8, 4) is 0 Å². The van der Waals surface area contributed by atoms with Crippen molar-refractivity contribution in [2.75, 3.05) is 0 Å². The van der Waals surface area contributed by atoms with Crippen molar-refractivity contribution in [1.29, 1.82) is 0 Å². The van der Waals surface area contributed by atoms with Crippen molar-refractivity contribution in [3.05, 3.63) is 24.2 Å².